The summed E-state index contributed by atoms with van der Waals surface area (Å²) < 4.78 is 36.1. The average Bonchev–Trinajstić information content (AvgIpc) is 1.65. The van der Waals surface area contributed by atoms with Crippen LogP contribution in [0.15, 0.2) is 0 Å². The summed E-state index contributed by atoms with van der Waals surface area (Å²) in [6, 6.07) is 0. The molecule has 56 valence electrons. The van der Waals surface area contributed by atoms with Crippen molar-refractivity contribution in [1.82, 2.24) is 0 Å². The predicted molar refractivity (Wildman–Crippen MR) is 30.4 cm³/mol. The number of hydrogen-bond donors (Lipinski definition) is 0. The second-order valence-corrected chi connectivity index (χ2v) is 2.38. The van der Waals surface area contributed by atoms with E-state index < -0.39 is 11.2 Å². The summed E-state index contributed by atoms with van der Waals surface area (Å²) in [5.41, 5.74) is 0. The quantitative estimate of drug-likeness (QED) is 0.645. The lowest BCUT2D eigenvalue weighted by atomic mass is 10.7. The Balaban J connectivity index is 3.70. The number of alkyl halides is 4. The van der Waals surface area contributed by atoms with Gasteiger partial charge in [0.05, 0.1) is 0 Å². The van der Waals surface area contributed by atoms with E-state index in [1.807, 2.05) is 0 Å². The minimum absolute atomic E-state index is 0.0912. The van der Waals surface area contributed by atoms with Gasteiger partial charge in [0.15, 0.2) is 0 Å². The van der Waals surface area contributed by atoms with Crippen LogP contribution in [0.25, 0.3) is 0 Å². The Morgan fingerprint density at radius 3 is 2.22 bits per heavy atom. The van der Waals surface area contributed by atoms with Crippen LogP contribution in [0.1, 0.15) is 6.92 Å². The fourth-order valence-electron chi connectivity index (χ4n) is 0.255. The normalized spacial score (nSPS) is 18.0. The monoisotopic (exact) mass is 206 g/mol. The van der Waals surface area contributed by atoms with Gasteiger partial charge in [0, 0.05) is 6.61 Å². The molecule has 0 aromatic rings. The van der Waals surface area contributed by atoms with Crippen LogP contribution in [0, 0.1) is 0 Å². The first-order valence-electron chi connectivity index (χ1n) is 2.30. The van der Waals surface area contributed by atoms with Gasteiger partial charge in [-0.15, -0.1) is 0 Å². The van der Waals surface area contributed by atoms with Crippen LogP contribution < -0.4 is 0 Å². The van der Waals surface area contributed by atoms with Crippen molar-refractivity contribution in [2.24, 2.45) is 0 Å². The summed E-state index contributed by atoms with van der Waals surface area (Å²) in [6.07, 6.45) is -3.16. The number of rotatable bonds is 3. The van der Waals surface area contributed by atoms with Crippen LogP contribution in [0.5, 0.6) is 0 Å². The first kappa shape index (κ1) is 9.23. The molecule has 1 atom stereocenters. The molecule has 1 nitrogen and oxygen atoms in total. The van der Waals surface area contributed by atoms with Crippen molar-refractivity contribution in [2.75, 3.05) is 6.61 Å². The lowest BCUT2D eigenvalue weighted by Crippen LogP contribution is -2.27. The molecule has 0 saturated heterocycles. The van der Waals surface area contributed by atoms with Crippen molar-refractivity contribution in [1.29, 1.82) is 0 Å². The summed E-state index contributed by atoms with van der Waals surface area (Å²) in [7, 11) is 0. The van der Waals surface area contributed by atoms with Crippen LogP contribution in [0.2, 0.25) is 0 Å². The first-order chi connectivity index (χ1) is 4.00. The van der Waals surface area contributed by atoms with Crippen molar-refractivity contribution in [3.8, 4) is 0 Å². The van der Waals surface area contributed by atoms with Crippen molar-refractivity contribution in [2.45, 2.75) is 18.1 Å². The third-order valence-corrected chi connectivity index (χ3v) is 1.17. The summed E-state index contributed by atoms with van der Waals surface area (Å²) >= 11 is 2.07. The van der Waals surface area contributed by atoms with Crippen LogP contribution in [-0.4, -0.2) is 17.8 Å². The maximum Gasteiger partial charge on any atom is 0.326 e. The van der Waals surface area contributed by atoms with E-state index in [-0.39, 0.29) is 6.61 Å². The molecule has 0 aliphatic rings. The van der Waals surface area contributed by atoms with Gasteiger partial charge in [0.25, 0.3) is 0 Å². The van der Waals surface area contributed by atoms with Crippen LogP contribution >= 0.6 is 15.9 Å². The highest BCUT2D eigenvalue weighted by Crippen LogP contribution is 2.28. The molecule has 9 heavy (non-hydrogen) atoms. The van der Waals surface area contributed by atoms with Gasteiger partial charge in [0.2, 0.25) is 0 Å². The molecule has 0 heterocycles. The molecule has 0 fully saturated rings. The Bertz CT molecular complexity index is 85.9. The highest BCUT2D eigenvalue weighted by Gasteiger charge is 2.37. The lowest BCUT2D eigenvalue weighted by molar-refractivity contribution is -0.147. The molecule has 5 heteroatoms. The molecule has 0 N–H and O–H groups in total. The summed E-state index contributed by atoms with van der Waals surface area (Å²) in [6.45, 7) is 1.34. The lowest BCUT2D eigenvalue weighted by Gasteiger charge is -2.15. The summed E-state index contributed by atoms with van der Waals surface area (Å²) in [4.78, 5) is 0. The maximum atomic E-state index is 12.2. The minimum atomic E-state index is -3.16. The third-order valence-electron chi connectivity index (χ3n) is 0.591. The highest BCUT2D eigenvalue weighted by molar-refractivity contribution is 9.10. The Hall–Kier alpha value is 0.230. The second-order valence-electron chi connectivity index (χ2n) is 1.30. The van der Waals surface area contributed by atoms with E-state index >= 15 is 0 Å². The molecule has 0 aromatic carbocycles. The molecule has 0 spiro atoms. The van der Waals surface area contributed by atoms with Gasteiger partial charge in [-0.25, -0.2) is 8.78 Å². The van der Waals surface area contributed by atoms with E-state index in [0.717, 1.165) is 0 Å². The zero-order chi connectivity index (χ0) is 7.49. The molecule has 0 aliphatic heterocycles. The molecule has 0 aliphatic carbocycles. The molecule has 1 unspecified atom stereocenters. The van der Waals surface area contributed by atoms with Crippen LogP contribution in [0.3, 0.4) is 0 Å². The van der Waals surface area contributed by atoms with Crippen LogP contribution in [-0.2, 0) is 4.74 Å². The van der Waals surface area contributed by atoms with E-state index in [9.17, 15) is 13.2 Å². The fraction of sp³-hybridized carbons (Fsp3) is 1.00. The SMILES string of the molecule is CCOC(F)(Br)C(F)F. The van der Waals surface area contributed by atoms with Crippen molar-refractivity contribution >= 4 is 15.9 Å². The largest absolute Gasteiger partial charge is 0.333 e. The fourth-order valence-corrected chi connectivity index (χ4v) is 0.484. The smallest absolute Gasteiger partial charge is 0.326 e. The zero-order valence-corrected chi connectivity index (χ0v) is 6.29. The number of hydrogen-bond acceptors (Lipinski definition) is 1. The van der Waals surface area contributed by atoms with Gasteiger partial charge in [0.1, 0.15) is 0 Å². The highest BCUT2D eigenvalue weighted by atomic mass is 79.9. The van der Waals surface area contributed by atoms with Crippen LogP contribution in [0.4, 0.5) is 13.2 Å². The Kier molecular flexibility index (Phi) is 3.50. The van der Waals surface area contributed by atoms with E-state index in [4.69, 9.17) is 0 Å². The number of ether oxygens (including phenoxy) is 1. The van der Waals surface area contributed by atoms with Crippen molar-refractivity contribution in [3.63, 3.8) is 0 Å². The Labute approximate surface area is 59.3 Å². The Morgan fingerprint density at radius 1 is 1.67 bits per heavy atom. The second kappa shape index (κ2) is 3.41. The topological polar surface area (TPSA) is 9.23 Å². The summed E-state index contributed by atoms with van der Waals surface area (Å²) in [5, 5.41) is 0. The molecular weight excluding hydrogens is 201 g/mol. The standard InChI is InChI=1S/C4H6BrF3O/c1-2-9-4(5,8)3(6)7/h3H,2H2,1H3. The molecule has 0 bridgehead atoms. The van der Waals surface area contributed by atoms with Gasteiger partial charge < -0.3 is 4.74 Å². The van der Waals surface area contributed by atoms with Gasteiger partial charge in [-0.2, -0.15) is 4.39 Å². The minimum Gasteiger partial charge on any atom is -0.333 e. The van der Waals surface area contributed by atoms with E-state index in [1.54, 1.807) is 0 Å². The average molecular weight is 207 g/mol. The molecule has 0 radical (unpaired) electrons. The summed E-state index contributed by atoms with van der Waals surface area (Å²) in [5.74, 6) is 0. The van der Waals surface area contributed by atoms with Gasteiger partial charge in [-0.1, -0.05) is 0 Å². The van der Waals surface area contributed by atoms with Gasteiger partial charge >= 0.3 is 11.2 Å². The third kappa shape index (κ3) is 3.05. The number of halogens is 4. The zero-order valence-electron chi connectivity index (χ0n) is 4.70. The molecule has 0 amide bonds. The van der Waals surface area contributed by atoms with Crippen molar-refractivity contribution < 1.29 is 17.9 Å². The van der Waals surface area contributed by atoms with E-state index in [1.165, 1.54) is 6.92 Å². The van der Waals surface area contributed by atoms with Gasteiger partial charge in [-0.05, 0) is 22.9 Å². The first-order valence-corrected chi connectivity index (χ1v) is 3.10. The van der Waals surface area contributed by atoms with Gasteiger partial charge in [-0.3, -0.25) is 0 Å². The van der Waals surface area contributed by atoms with E-state index in [0.29, 0.717) is 0 Å². The molecule has 0 saturated carbocycles. The molecule has 0 aromatic heterocycles. The molecular formula is C4H6BrF3O. The maximum absolute atomic E-state index is 12.2. The Morgan fingerprint density at radius 2 is 2.11 bits per heavy atom. The molecule has 0 rings (SSSR count). The van der Waals surface area contributed by atoms with E-state index in [2.05, 4.69) is 20.7 Å². The predicted octanol–water partition coefficient (Wildman–Crippen LogP) is 2.31. The van der Waals surface area contributed by atoms with Crippen molar-refractivity contribution in [3.05, 3.63) is 0 Å².